The van der Waals surface area contributed by atoms with Gasteiger partial charge in [-0.05, 0) is 40.2 Å². The van der Waals surface area contributed by atoms with E-state index in [-0.39, 0.29) is 29.9 Å². The molecule has 2 aromatic heterocycles. The summed E-state index contributed by atoms with van der Waals surface area (Å²) < 4.78 is 17.2. The normalized spacial score (nSPS) is 21.8. The molecule has 5 heterocycles. The van der Waals surface area contributed by atoms with Gasteiger partial charge in [0.25, 0.3) is 5.91 Å². The molecule has 2 atom stereocenters. The van der Waals surface area contributed by atoms with Crippen LogP contribution < -0.4 is 25.2 Å². The van der Waals surface area contributed by atoms with Crippen LogP contribution in [0.3, 0.4) is 0 Å². The molecule has 0 saturated carbocycles. The quantitative estimate of drug-likeness (QED) is 0.616. The molecular formula is C24H31N7O5. The molecule has 0 radical (unpaired) electrons. The zero-order valence-corrected chi connectivity index (χ0v) is 20.9. The Morgan fingerprint density at radius 1 is 1.31 bits per heavy atom. The highest BCUT2D eigenvalue weighted by Crippen LogP contribution is 2.40. The van der Waals surface area contributed by atoms with Gasteiger partial charge in [0.15, 0.2) is 11.6 Å². The molecule has 3 aliphatic rings. The Morgan fingerprint density at radius 2 is 2.14 bits per heavy atom. The average molecular weight is 498 g/mol. The van der Waals surface area contributed by atoms with Crippen LogP contribution in [-0.2, 0) is 9.47 Å². The number of nitrogens with zero attached hydrogens (tertiary/aromatic N) is 5. The molecule has 0 aromatic carbocycles. The Hall–Kier alpha value is -3.51. The first-order valence-electron chi connectivity index (χ1n) is 12.2. The number of fused-ring (bicyclic) bond motifs is 4. The van der Waals surface area contributed by atoms with Crippen LogP contribution in [0.2, 0.25) is 0 Å². The Bertz CT molecular complexity index is 1170. The van der Waals surface area contributed by atoms with E-state index in [9.17, 15) is 9.59 Å². The second kappa shape index (κ2) is 9.51. The van der Waals surface area contributed by atoms with Crippen LogP contribution in [0.4, 0.5) is 22.1 Å². The van der Waals surface area contributed by atoms with Crippen LogP contribution in [0.5, 0.6) is 5.75 Å². The van der Waals surface area contributed by atoms with Gasteiger partial charge in [0.05, 0.1) is 18.3 Å². The van der Waals surface area contributed by atoms with Crippen molar-refractivity contribution in [3.63, 3.8) is 0 Å². The van der Waals surface area contributed by atoms with Gasteiger partial charge in [-0.3, -0.25) is 15.0 Å². The van der Waals surface area contributed by atoms with E-state index >= 15 is 0 Å². The number of aryl methyl sites for hydroxylation is 1. The van der Waals surface area contributed by atoms with Gasteiger partial charge in [0.1, 0.15) is 30.0 Å². The number of rotatable bonds is 6. The third-order valence-electron chi connectivity index (χ3n) is 6.34. The highest BCUT2D eigenvalue weighted by molar-refractivity contribution is 6.05. The Kier molecular flexibility index (Phi) is 6.39. The number of urea groups is 1. The predicted molar refractivity (Wildman–Crippen MR) is 132 cm³/mol. The summed E-state index contributed by atoms with van der Waals surface area (Å²) in [4.78, 5) is 42.9. The number of amides is 3. The second-order valence-electron chi connectivity index (χ2n) is 9.49. The molecule has 2 saturated heterocycles. The second-order valence-corrected chi connectivity index (χ2v) is 9.49. The molecule has 3 aliphatic heterocycles. The largest absolute Gasteiger partial charge is 0.491 e. The maximum Gasteiger partial charge on any atom is 0.329 e. The predicted octanol–water partition coefficient (Wildman–Crippen LogP) is 2.09. The molecule has 12 nitrogen and oxygen atoms in total. The lowest BCUT2D eigenvalue weighted by molar-refractivity contribution is -0.141. The summed E-state index contributed by atoms with van der Waals surface area (Å²) >= 11 is 0. The van der Waals surface area contributed by atoms with E-state index in [2.05, 4.69) is 30.5 Å². The lowest BCUT2D eigenvalue weighted by Gasteiger charge is -2.36. The molecule has 2 bridgehead atoms. The molecule has 5 rings (SSSR count). The molecule has 36 heavy (non-hydrogen) atoms. The van der Waals surface area contributed by atoms with E-state index in [4.69, 9.17) is 14.2 Å². The van der Waals surface area contributed by atoms with Crippen LogP contribution >= 0.6 is 0 Å². The van der Waals surface area contributed by atoms with Gasteiger partial charge in [-0.2, -0.15) is 0 Å². The van der Waals surface area contributed by atoms with Crippen molar-refractivity contribution in [2.45, 2.75) is 52.0 Å². The summed E-state index contributed by atoms with van der Waals surface area (Å²) in [5.41, 5.74) is 1.44. The Labute approximate surface area is 209 Å². The SMILES string of the molecule is CCNC(=O)c1nc(C)c2c(n1)N(C(=O)Nc1cc(OCC3COC(C)(C)O3)ccn1)C1CCN2C1. The highest BCUT2D eigenvalue weighted by Gasteiger charge is 2.42. The van der Waals surface area contributed by atoms with E-state index in [1.54, 1.807) is 23.2 Å². The highest BCUT2D eigenvalue weighted by atomic mass is 16.7. The Morgan fingerprint density at radius 3 is 2.89 bits per heavy atom. The maximum absolute atomic E-state index is 13.5. The maximum atomic E-state index is 13.5. The fourth-order valence-electron chi connectivity index (χ4n) is 4.80. The van der Waals surface area contributed by atoms with Crippen molar-refractivity contribution in [3.05, 3.63) is 29.8 Å². The number of ether oxygens (including phenoxy) is 3. The number of pyridine rings is 1. The standard InChI is InChI=1S/C24H31N7O5/c1-5-25-22(32)20-27-14(2)19-21(29-20)31(15-7-9-30(19)11-15)23(33)28-18-10-16(6-8-26-18)34-12-17-13-35-24(3,4)36-17/h6,8,10,15,17H,5,7,9,11-13H2,1-4H3,(H,25,32)(H,26,28,33). The number of hydrogen-bond donors (Lipinski definition) is 2. The molecule has 3 amide bonds. The minimum atomic E-state index is -0.620. The van der Waals surface area contributed by atoms with Crippen molar-refractivity contribution < 1.29 is 23.8 Å². The monoisotopic (exact) mass is 497 g/mol. The van der Waals surface area contributed by atoms with Crippen molar-refractivity contribution >= 4 is 29.3 Å². The summed E-state index contributed by atoms with van der Waals surface area (Å²) in [6.45, 7) is 10.1. The molecule has 192 valence electrons. The fourth-order valence-corrected chi connectivity index (χ4v) is 4.80. The van der Waals surface area contributed by atoms with Crippen LogP contribution in [0.25, 0.3) is 0 Å². The number of aromatic nitrogens is 3. The van der Waals surface area contributed by atoms with E-state index in [1.165, 1.54) is 0 Å². The van der Waals surface area contributed by atoms with Gasteiger partial charge in [0.2, 0.25) is 5.82 Å². The van der Waals surface area contributed by atoms with Gasteiger partial charge in [0, 0.05) is 31.9 Å². The lowest BCUT2D eigenvalue weighted by Crippen LogP contribution is -2.49. The van der Waals surface area contributed by atoms with Crippen LogP contribution in [0.1, 0.15) is 43.5 Å². The van der Waals surface area contributed by atoms with Crippen molar-refractivity contribution in [1.82, 2.24) is 20.3 Å². The molecule has 2 unspecified atom stereocenters. The minimum Gasteiger partial charge on any atom is -0.491 e. The number of carbonyl (C=O) groups excluding carboxylic acids is 2. The van der Waals surface area contributed by atoms with Crippen molar-refractivity contribution in [1.29, 1.82) is 0 Å². The van der Waals surface area contributed by atoms with E-state index in [0.29, 0.717) is 49.4 Å². The Balaban J connectivity index is 1.34. The first kappa shape index (κ1) is 24.2. The van der Waals surface area contributed by atoms with Crippen LogP contribution in [0.15, 0.2) is 18.3 Å². The summed E-state index contributed by atoms with van der Waals surface area (Å²) in [6.07, 6.45) is 2.18. The van der Waals surface area contributed by atoms with Crippen molar-refractivity contribution in [2.24, 2.45) is 0 Å². The van der Waals surface area contributed by atoms with Crippen LogP contribution in [0, 0.1) is 6.92 Å². The third kappa shape index (κ3) is 4.78. The van der Waals surface area contributed by atoms with E-state index < -0.39 is 5.79 Å². The molecule has 2 N–H and O–H groups in total. The minimum absolute atomic E-state index is 0.0446. The molecule has 0 spiro atoms. The number of anilines is 3. The van der Waals surface area contributed by atoms with Gasteiger partial charge in [-0.25, -0.2) is 19.7 Å². The zero-order valence-electron chi connectivity index (χ0n) is 20.9. The number of hydrogen-bond acceptors (Lipinski definition) is 9. The summed E-state index contributed by atoms with van der Waals surface area (Å²) in [5, 5.41) is 5.59. The number of nitrogens with one attached hydrogen (secondary N) is 2. The smallest absolute Gasteiger partial charge is 0.329 e. The summed E-state index contributed by atoms with van der Waals surface area (Å²) in [6, 6.07) is 2.94. The first-order valence-corrected chi connectivity index (χ1v) is 12.2. The van der Waals surface area contributed by atoms with Crippen molar-refractivity contribution in [2.75, 3.05) is 48.0 Å². The van der Waals surface area contributed by atoms with Gasteiger partial charge in [-0.1, -0.05) is 0 Å². The van der Waals surface area contributed by atoms with E-state index in [1.807, 2.05) is 27.7 Å². The van der Waals surface area contributed by atoms with Gasteiger partial charge in [-0.15, -0.1) is 0 Å². The third-order valence-corrected chi connectivity index (χ3v) is 6.34. The topological polar surface area (TPSA) is 131 Å². The number of carbonyl (C=O) groups is 2. The van der Waals surface area contributed by atoms with Crippen molar-refractivity contribution in [3.8, 4) is 5.75 Å². The lowest BCUT2D eigenvalue weighted by atomic mass is 10.1. The molecule has 12 heteroatoms. The fraction of sp³-hybridized carbons (Fsp3) is 0.542. The average Bonchev–Trinajstić information content (AvgIpc) is 3.40. The molecular weight excluding hydrogens is 466 g/mol. The van der Waals surface area contributed by atoms with Gasteiger partial charge < -0.3 is 24.4 Å². The van der Waals surface area contributed by atoms with Gasteiger partial charge >= 0.3 is 6.03 Å². The summed E-state index contributed by atoms with van der Waals surface area (Å²) in [7, 11) is 0. The van der Waals surface area contributed by atoms with Crippen LogP contribution in [-0.4, -0.2) is 77.7 Å². The molecule has 0 aliphatic carbocycles. The zero-order chi connectivity index (χ0) is 25.4. The summed E-state index contributed by atoms with van der Waals surface area (Å²) in [5.74, 6) is 0.384. The molecule has 2 fully saturated rings. The molecule has 2 aromatic rings. The first-order chi connectivity index (χ1) is 17.2. The van der Waals surface area contributed by atoms with E-state index in [0.717, 1.165) is 18.7 Å².